The zero-order chi connectivity index (χ0) is 71.0. The van der Waals surface area contributed by atoms with Gasteiger partial charge in [-0.1, -0.05) is 365 Å². The molecule has 86 heavy (non-hydrogen) atoms. The second kappa shape index (κ2) is 39.6. The van der Waals surface area contributed by atoms with E-state index in [9.17, 15) is 0 Å². The minimum Gasteiger partial charge on any atom is -0.0651 e. The Morgan fingerprint density at radius 3 is 0.651 bits per heavy atom. The van der Waals surface area contributed by atoms with E-state index >= 15 is 0 Å². The van der Waals surface area contributed by atoms with E-state index in [-0.39, 0.29) is 0 Å². The fraction of sp³-hybridized carbons (Fsp3) is 1.00. The van der Waals surface area contributed by atoms with E-state index in [1.54, 1.807) is 19.3 Å². The molecule has 0 aliphatic heterocycles. The normalized spacial score (nSPS) is 21.8. The first kappa shape index (κ1) is 97.1. The summed E-state index contributed by atoms with van der Waals surface area (Å²) in [4.78, 5) is 0. The SMILES string of the molecule is CC(C)(C)C(C)(C)C.CC(C)(C)C(C)(C)C.CC(C)(C)C(C)(C)C.CC(C)C(C)C(C)C.CC1(C2CC2)CC1.CC1CC(C)C1C.CCC(C)(C)C(C)(C)C.CCC(C)(C)C(C)C.CCC(C)C(C)(C)C.CC[C@@H](C)C(C)(C)C.C[C@H]1CC1C1CC1. The van der Waals surface area contributed by atoms with Gasteiger partial charge in [-0.2, -0.15) is 0 Å². The highest BCUT2D eigenvalue weighted by Crippen LogP contribution is 2.60. The Balaban J connectivity index is -0.000000205. The average molecular weight is 1220 g/mol. The molecule has 0 aromatic heterocycles. The lowest BCUT2D eigenvalue weighted by atomic mass is 9.68. The van der Waals surface area contributed by atoms with Crippen molar-refractivity contribution < 1.29 is 0 Å². The Hall–Kier alpha value is 0. The van der Waals surface area contributed by atoms with Crippen molar-refractivity contribution in [2.45, 2.75) is 416 Å². The fourth-order valence-electron chi connectivity index (χ4n) is 7.23. The van der Waals surface area contributed by atoms with Crippen LogP contribution in [0.5, 0.6) is 0 Å². The summed E-state index contributed by atoms with van der Waals surface area (Å²) in [5.74, 6) is 12.7. The highest BCUT2D eigenvalue weighted by molar-refractivity contribution is 5.00. The summed E-state index contributed by atoms with van der Waals surface area (Å²) in [6, 6.07) is 0. The molecule has 5 aliphatic carbocycles. The molecule has 0 amide bonds. The minimum absolute atomic E-state index is 0.437. The van der Waals surface area contributed by atoms with Crippen molar-refractivity contribution >= 4 is 0 Å². The van der Waals surface area contributed by atoms with E-state index in [0.29, 0.717) is 59.6 Å². The maximum Gasteiger partial charge on any atom is -0.0297 e. The van der Waals surface area contributed by atoms with Crippen LogP contribution in [0.25, 0.3) is 0 Å². The molecule has 0 aromatic rings. The molecule has 5 aliphatic rings. The van der Waals surface area contributed by atoms with Crippen LogP contribution in [-0.2, 0) is 0 Å². The van der Waals surface area contributed by atoms with Gasteiger partial charge in [-0.25, -0.2) is 0 Å². The Labute approximate surface area is 555 Å². The van der Waals surface area contributed by atoms with Crippen molar-refractivity contribution in [2.24, 2.45) is 142 Å². The second-order valence-corrected chi connectivity index (χ2v) is 41.9. The van der Waals surface area contributed by atoms with Gasteiger partial charge in [-0.15, -0.1) is 0 Å². The maximum absolute atomic E-state index is 2.44. The van der Waals surface area contributed by atoms with Crippen LogP contribution in [0.2, 0.25) is 0 Å². The number of hydrogen-bond donors (Lipinski definition) is 0. The Bertz CT molecular complexity index is 1460. The second-order valence-electron chi connectivity index (χ2n) is 41.9. The molecule has 0 heterocycles. The zero-order valence-electron chi connectivity index (χ0n) is 71.0. The van der Waals surface area contributed by atoms with Gasteiger partial charge in [0.05, 0.1) is 0 Å². The number of rotatable bonds is 9. The lowest BCUT2D eigenvalue weighted by molar-refractivity contribution is 0.120. The van der Waals surface area contributed by atoms with Gasteiger partial charge in [0, 0.05) is 0 Å². The summed E-state index contributed by atoms with van der Waals surface area (Å²) in [5.41, 5.74) is 5.97. The zero-order valence-corrected chi connectivity index (χ0v) is 71.0. The van der Waals surface area contributed by atoms with Crippen molar-refractivity contribution in [1.82, 2.24) is 0 Å². The van der Waals surface area contributed by atoms with E-state index in [1.807, 2.05) is 0 Å². The lowest BCUT2D eigenvalue weighted by Crippen LogP contribution is -2.29. The van der Waals surface area contributed by atoms with Gasteiger partial charge in [0.25, 0.3) is 0 Å². The van der Waals surface area contributed by atoms with Crippen LogP contribution in [0.4, 0.5) is 0 Å². The molecule has 0 aromatic carbocycles. The van der Waals surface area contributed by atoms with Crippen LogP contribution in [0.1, 0.15) is 416 Å². The molecule has 0 spiro atoms. The smallest absolute Gasteiger partial charge is 0.0297 e. The minimum atomic E-state index is 0.437. The highest BCUT2D eigenvalue weighted by atomic mass is 14.5. The summed E-state index contributed by atoms with van der Waals surface area (Å²) in [5, 5.41) is 0. The van der Waals surface area contributed by atoms with Gasteiger partial charge in [-0.3, -0.25) is 0 Å². The monoisotopic (exact) mass is 1220 g/mol. The molecule has 0 saturated heterocycles. The van der Waals surface area contributed by atoms with Crippen LogP contribution in [0.15, 0.2) is 0 Å². The topological polar surface area (TPSA) is 0 Å². The quantitative estimate of drug-likeness (QED) is 0.216. The van der Waals surface area contributed by atoms with Crippen LogP contribution in [0.3, 0.4) is 0 Å². The van der Waals surface area contributed by atoms with Crippen molar-refractivity contribution in [3.63, 3.8) is 0 Å². The standard InChI is InChI=1S/C9H20.7C8H18.2C7H12.C7H14/c1-7-9(5,6)8(2,3)4;3*1-7(2,3)8(4,5)6;2*1-6-7(2)8(3,4)5;1-6-8(4,5)7(2)3;1-6(2)8(5)7(3)4;1-7(4-5-7)6-2-3-6;1-5-4-7(5)6-2-3-6;1-5-4-6(2)7(5)3/h7H2,1-6H3;3*1-6H3;3*7H,6H2,1-5H3;6-8H,1-5H3;6H,2-5H2,1H3;5-7H,2-4H2,1H3;5-7H,4H2,1-3H3/t;;;;7-;;;;;5-,7?;/m....1....0./s1. The van der Waals surface area contributed by atoms with Gasteiger partial charge < -0.3 is 0 Å². The predicted octanol–water partition coefficient (Wildman–Crippen LogP) is 31.4. The molecule has 528 valence electrons. The first-order valence-electron chi connectivity index (χ1n) is 37.5. The van der Waals surface area contributed by atoms with E-state index in [2.05, 4.69) is 339 Å². The third-order valence-corrected chi connectivity index (χ3v) is 26.0. The van der Waals surface area contributed by atoms with Crippen LogP contribution in [-0.4, -0.2) is 0 Å². The molecule has 0 nitrogen and oxygen atoms in total. The van der Waals surface area contributed by atoms with Crippen molar-refractivity contribution in [2.75, 3.05) is 0 Å². The van der Waals surface area contributed by atoms with Gasteiger partial charge in [0.15, 0.2) is 0 Å². The molecule has 6 atom stereocenters. The van der Waals surface area contributed by atoms with Crippen molar-refractivity contribution in [3.05, 3.63) is 0 Å². The molecular weight excluding hydrogens is 1030 g/mol. The first-order chi connectivity index (χ1) is 37.5. The summed E-state index contributed by atoms with van der Waals surface area (Å²) in [6.45, 7) is 112. The van der Waals surface area contributed by atoms with Crippen LogP contribution in [0, 0.1) is 142 Å². The molecule has 0 heteroatoms. The van der Waals surface area contributed by atoms with Crippen LogP contribution >= 0.6 is 0 Å². The van der Waals surface area contributed by atoms with Gasteiger partial charge in [-0.05, 0) is 193 Å². The fourth-order valence-corrected chi connectivity index (χ4v) is 7.23. The first-order valence-corrected chi connectivity index (χ1v) is 37.5. The van der Waals surface area contributed by atoms with E-state index in [4.69, 9.17) is 0 Å². The van der Waals surface area contributed by atoms with Gasteiger partial charge >= 0.3 is 0 Å². The van der Waals surface area contributed by atoms with Crippen LogP contribution < -0.4 is 0 Å². The molecule has 5 saturated carbocycles. The highest BCUT2D eigenvalue weighted by Gasteiger charge is 2.49. The summed E-state index contributed by atoms with van der Waals surface area (Å²) in [6.07, 6.45) is 17.4. The Morgan fingerprint density at radius 2 is 0.628 bits per heavy atom. The molecular formula is C86H184. The molecule has 0 N–H and O–H groups in total. The van der Waals surface area contributed by atoms with E-state index in [1.165, 1.54) is 69.6 Å². The largest absolute Gasteiger partial charge is 0.0651 e. The Kier molecular flexibility index (Phi) is 44.8. The molecule has 5 fully saturated rings. The Morgan fingerprint density at radius 1 is 0.360 bits per heavy atom. The summed E-state index contributed by atoms with van der Waals surface area (Å²) < 4.78 is 0. The van der Waals surface area contributed by atoms with Crippen molar-refractivity contribution in [1.29, 1.82) is 0 Å². The molecule has 0 radical (unpaired) electrons. The summed E-state index contributed by atoms with van der Waals surface area (Å²) >= 11 is 0. The third-order valence-electron chi connectivity index (χ3n) is 26.0. The molecule has 5 rings (SSSR count). The van der Waals surface area contributed by atoms with Crippen molar-refractivity contribution in [3.8, 4) is 0 Å². The maximum atomic E-state index is 2.44. The van der Waals surface area contributed by atoms with E-state index in [0.717, 1.165) is 70.5 Å². The third kappa shape index (κ3) is 47.0. The summed E-state index contributed by atoms with van der Waals surface area (Å²) in [7, 11) is 0. The van der Waals surface area contributed by atoms with E-state index < -0.39 is 0 Å². The molecule has 0 bridgehead atoms. The number of hydrogen-bond acceptors (Lipinski definition) is 0. The lowest BCUT2D eigenvalue weighted by Gasteiger charge is -2.38. The van der Waals surface area contributed by atoms with Gasteiger partial charge in [0.1, 0.15) is 0 Å². The van der Waals surface area contributed by atoms with Gasteiger partial charge in [0.2, 0.25) is 0 Å². The molecule has 4 unspecified atom stereocenters. The average Bonchev–Trinajstić information content (AvgIpc) is 4.09. The predicted molar refractivity (Wildman–Crippen MR) is 408 cm³/mol.